The van der Waals surface area contributed by atoms with Crippen LogP contribution in [0.5, 0.6) is 5.75 Å². The molecule has 0 heterocycles. The van der Waals surface area contributed by atoms with Crippen LogP contribution in [0, 0.1) is 5.92 Å². The van der Waals surface area contributed by atoms with E-state index >= 15 is 0 Å². The number of hydrogen-bond acceptors (Lipinski definition) is 3. The van der Waals surface area contributed by atoms with Crippen LogP contribution >= 0.6 is 0 Å². The third kappa shape index (κ3) is 5.10. The van der Waals surface area contributed by atoms with Gasteiger partial charge in [-0.25, -0.2) is 12.7 Å². The summed E-state index contributed by atoms with van der Waals surface area (Å²) in [6, 6.07) is 4.44. The number of sulfonamides is 1. The van der Waals surface area contributed by atoms with Gasteiger partial charge in [-0.3, -0.25) is 0 Å². The Labute approximate surface area is 147 Å². The average Bonchev–Trinajstić information content (AvgIpc) is 2.59. The molecule has 1 fully saturated rings. The molecule has 25 heavy (non-hydrogen) atoms. The summed E-state index contributed by atoms with van der Waals surface area (Å²) in [4.78, 5) is 0. The predicted molar refractivity (Wildman–Crippen MR) is 89.9 cm³/mol. The van der Waals surface area contributed by atoms with Gasteiger partial charge in [0, 0.05) is 19.0 Å². The van der Waals surface area contributed by atoms with Crippen molar-refractivity contribution in [3.63, 3.8) is 0 Å². The number of ether oxygens (including phenoxy) is 1. The Balaban J connectivity index is 2.02. The van der Waals surface area contributed by atoms with Gasteiger partial charge in [-0.05, 0) is 44.0 Å². The molecule has 0 radical (unpaired) electrons. The van der Waals surface area contributed by atoms with Crippen LogP contribution in [0.15, 0.2) is 24.3 Å². The Morgan fingerprint density at radius 2 is 1.76 bits per heavy atom. The summed E-state index contributed by atoms with van der Waals surface area (Å²) in [5, 5.41) is 0. The standard InChI is InChI=1S/C17H24F3NO3S/c1-3-25(22,23)21(2)16-7-5-4-6-13(16)12-24-15-10-8-14(9-11-15)17(18,19)20/h8-11,13,16H,3-7,12H2,1-2H3/t13-,16?/m1/s1. The van der Waals surface area contributed by atoms with Gasteiger partial charge in [0.25, 0.3) is 0 Å². The maximum Gasteiger partial charge on any atom is 0.416 e. The number of benzene rings is 1. The van der Waals surface area contributed by atoms with Crippen molar-refractivity contribution in [1.82, 2.24) is 4.31 Å². The first-order valence-electron chi connectivity index (χ1n) is 8.41. The van der Waals surface area contributed by atoms with E-state index in [9.17, 15) is 21.6 Å². The van der Waals surface area contributed by atoms with Crippen molar-refractivity contribution in [3.8, 4) is 5.75 Å². The van der Waals surface area contributed by atoms with E-state index in [4.69, 9.17) is 4.74 Å². The first-order valence-corrected chi connectivity index (χ1v) is 10.0. The highest BCUT2D eigenvalue weighted by molar-refractivity contribution is 7.89. The molecule has 4 nitrogen and oxygen atoms in total. The number of hydrogen-bond donors (Lipinski definition) is 0. The molecular formula is C17H24F3NO3S. The normalized spacial score (nSPS) is 22.2. The van der Waals surface area contributed by atoms with Crippen LogP contribution in [0.3, 0.4) is 0 Å². The van der Waals surface area contributed by atoms with Crippen LogP contribution in [0.2, 0.25) is 0 Å². The molecule has 0 spiro atoms. The second kappa shape index (κ2) is 7.95. The van der Waals surface area contributed by atoms with Crippen molar-refractivity contribution in [3.05, 3.63) is 29.8 Å². The molecule has 1 saturated carbocycles. The molecule has 142 valence electrons. The molecule has 1 unspecified atom stereocenters. The predicted octanol–water partition coefficient (Wildman–Crippen LogP) is 3.92. The highest BCUT2D eigenvalue weighted by Crippen LogP contribution is 2.32. The van der Waals surface area contributed by atoms with Gasteiger partial charge in [-0.1, -0.05) is 12.8 Å². The zero-order valence-corrected chi connectivity index (χ0v) is 15.2. The number of nitrogens with zero attached hydrogens (tertiary/aromatic N) is 1. The molecule has 1 aliphatic rings. The number of alkyl halides is 3. The van der Waals surface area contributed by atoms with Crippen LogP contribution in [0.4, 0.5) is 13.2 Å². The molecule has 1 aliphatic carbocycles. The Morgan fingerprint density at radius 1 is 1.16 bits per heavy atom. The molecule has 0 aromatic heterocycles. The summed E-state index contributed by atoms with van der Waals surface area (Å²) in [5.74, 6) is 0.438. The second-order valence-electron chi connectivity index (χ2n) is 6.36. The zero-order chi connectivity index (χ0) is 18.7. The second-order valence-corrected chi connectivity index (χ2v) is 8.68. The number of halogens is 3. The van der Waals surface area contributed by atoms with Crippen LogP contribution in [0.1, 0.15) is 38.2 Å². The third-order valence-corrected chi connectivity index (χ3v) is 6.66. The molecule has 2 rings (SSSR count). The highest BCUT2D eigenvalue weighted by atomic mass is 32.2. The lowest BCUT2D eigenvalue weighted by atomic mass is 9.85. The van der Waals surface area contributed by atoms with Crippen molar-refractivity contribution in [2.45, 2.75) is 44.8 Å². The summed E-state index contributed by atoms with van der Waals surface area (Å²) in [5.41, 5.74) is -0.718. The molecule has 8 heteroatoms. The van der Waals surface area contributed by atoms with Gasteiger partial charge in [0.1, 0.15) is 5.75 Å². The first-order chi connectivity index (χ1) is 11.6. The van der Waals surface area contributed by atoms with Crippen molar-refractivity contribution >= 4 is 10.0 Å². The Morgan fingerprint density at radius 3 is 2.32 bits per heavy atom. The monoisotopic (exact) mass is 379 g/mol. The van der Waals surface area contributed by atoms with E-state index in [1.54, 1.807) is 14.0 Å². The lowest BCUT2D eigenvalue weighted by molar-refractivity contribution is -0.137. The Bertz CT molecular complexity index is 659. The summed E-state index contributed by atoms with van der Waals surface area (Å²) < 4.78 is 69.1. The van der Waals surface area contributed by atoms with Gasteiger partial charge < -0.3 is 4.74 Å². The van der Waals surface area contributed by atoms with Crippen LogP contribution in [-0.4, -0.2) is 38.2 Å². The Hall–Kier alpha value is -1.28. The number of rotatable bonds is 6. The summed E-state index contributed by atoms with van der Waals surface area (Å²) >= 11 is 0. The van der Waals surface area contributed by atoms with E-state index in [0.717, 1.165) is 37.8 Å². The SMILES string of the molecule is CCS(=O)(=O)N(C)C1CCCC[C@@H]1COc1ccc(C(F)(F)F)cc1. The summed E-state index contributed by atoms with van der Waals surface area (Å²) in [7, 11) is -1.69. The molecular weight excluding hydrogens is 355 g/mol. The molecule has 0 N–H and O–H groups in total. The van der Waals surface area contributed by atoms with Crippen molar-refractivity contribution in [1.29, 1.82) is 0 Å². The van der Waals surface area contributed by atoms with Gasteiger partial charge in [0.2, 0.25) is 10.0 Å². The zero-order valence-electron chi connectivity index (χ0n) is 14.4. The van der Waals surface area contributed by atoms with Gasteiger partial charge in [0.05, 0.1) is 17.9 Å². The van der Waals surface area contributed by atoms with Crippen LogP contribution in [0.25, 0.3) is 0 Å². The smallest absolute Gasteiger partial charge is 0.416 e. The van der Waals surface area contributed by atoms with E-state index in [1.165, 1.54) is 16.4 Å². The summed E-state index contributed by atoms with van der Waals surface area (Å²) in [6.45, 7) is 1.90. The quantitative estimate of drug-likeness (QED) is 0.753. The minimum Gasteiger partial charge on any atom is -0.493 e. The average molecular weight is 379 g/mol. The Kier molecular flexibility index (Phi) is 6.37. The molecule has 0 aliphatic heterocycles. The fourth-order valence-corrected chi connectivity index (χ4v) is 4.31. The lowest BCUT2D eigenvalue weighted by Gasteiger charge is -2.37. The molecule has 1 aromatic rings. The van der Waals surface area contributed by atoms with Gasteiger partial charge in [-0.15, -0.1) is 0 Å². The third-order valence-electron chi connectivity index (χ3n) is 4.79. The van der Waals surface area contributed by atoms with Crippen molar-refractivity contribution in [2.75, 3.05) is 19.4 Å². The lowest BCUT2D eigenvalue weighted by Crippen LogP contribution is -2.45. The molecule has 0 amide bonds. The topological polar surface area (TPSA) is 46.6 Å². The van der Waals surface area contributed by atoms with Crippen molar-refractivity contribution in [2.24, 2.45) is 5.92 Å². The minimum absolute atomic E-state index is 0.0300. The highest BCUT2D eigenvalue weighted by Gasteiger charge is 2.34. The molecule has 2 atom stereocenters. The van der Waals surface area contributed by atoms with Gasteiger partial charge >= 0.3 is 6.18 Å². The van der Waals surface area contributed by atoms with E-state index in [1.807, 2.05) is 0 Å². The van der Waals surface area contributed by atoms with E-state index < -0.39 is 21.8 Å². The largest absolute Gasteiger partial charge is 0.493 e. The molecule has 0 bridgehead atoms. The maximum atomic E-state index is 12.6. The van der Waals surface area contributed by atoms with E-state index in [-0.39, 0.29) is 17.7 Å². The van der Waals surface area contributed by atoms with Crippen LogP contribution < -0.4 is 4.74 Å². The van der Waals surface area contributed by atoms with E-state index in [0.29, 0.717) is 12.4 Å². The molecule has 0 saturated heterocycles. The maximum absolute atomic E-state index is 12.6. The minimum atomic E-state index is -4.37. The molecule has 1 aromatic carbocycles. The van der Waals surface area contributed by atoms with Crippen LogP contribution in [-0.2, 0) is 16.2 Å². The summed E-state index contributed by atoms with van der Waals surface area (Å²) in [6.07, 6.45) is -0.793. The first kappa shape index (κ1) is 20.0. The fourth-order valence-electron chi connectivity index (χ4n) is 3.21. The van der Waals surface area contributed by atoms with Gasteiger partial charge in [0.15, 0.2) is 0 Å². The van der Waals surface area contributed by atoms with E-state index in [2.05, 4.69) is 0 Å². The van der Waals surface area contributed by atoms with Gasteiger partial charge in [-0.2, -0.15) is 13.2 Å². The fraction of sp³-hybridized carbons (Fsp3) is 0.647. The van der Waals surface area contributed by atoms with Crippen molar-refractivity contribution < 1.29 is 26.3 Å².